The summed E-state index contributed by atoms with van der Waals surface area (Å²) in [5, 5.41) is -6.88. The van der Waals surface area contributed by atoms with Gasteiger partial charge in [-0.05, 0) is 99.3 Å². The molecule has 204 valence electrons. The zero-order valence-electron chi connectivity index (χ0n) is 50.0. The smallest absolute Gasteiger partial charge is 0.0616 e. The topological polar surface area (TPSA) is 0 Å². The van der Waals surface area contributed by atoms with Crippen LogP contribution >= 0.6 is 0 Å². The Hall–Kier alpha value is -5.72. The van der Waals surface area contributed by atoms with Crippen LogP contribution in [-0.4, -0.2) is 0 Å². The van der Waals surface area contributed by atoms with Gasteiger partial charge in [0.25, 0.3) is 0 Å². The Morgan fingerprint density at radius 1 is 0.273 bits per heavy atom. The fourth-order valence-corrected chi connectivity index (χ4v) is 5.38. The van der Waals surface area contributed by atoms with Crippen molar-refractivity contribution in [1.29, 1.82) is 0 Å². The molecule has 0 aliphatic rings. The van der Waals surface area contributed by atoms with Crippen molar-refractivity contribution >= 4 is 53.9 Å². The molecule has 0 aromatic heterocycles. The van der Waals surface area contributed by atoms with Gasteiger partial charge in [0, 0.05) is 0 Å². The van der Waals surface area contributed by atoms with Gasteiger partial charge >= 0.3 is 0 Å². The van der Waals surface area contributed by atoms with Crippen molar-refractivity contribution in [2.45, 2.75) is 0 Å². The molecule has 9 rings (SSSR count). The molecular weight excluding hydrogens is 528 g/mol. The maximum absolute atomic E-state index is 9.98. The van der Waals surface area contributed by atoms with Crippen LogP contribution in [0, 0.1) is 0 Å². The first-order chi connectivity index (χ1) is 33.5. The van der Waals surface area contributed by atoms with E-state index in [0.29, 0.717) is 0 Å². The van der Waals surface area contributed by atoms with E-state index in [0.717, 1.165) is 0 Å². The van der Waals surface area contributed by atoms with Crippen molar-refractivity contribution in [3.8, 4) is 33.4 Å². The van der Waals surface area contributed by atoms with Crippen molar-refractivity contribution in [2.24, 2.45) is 0 Å². The van der Waals surface area contributed by atoms with Crippen LogP contribution in [0.15, 0.2) is 169 Å². The molecule has 0 aliphatic heterocycles. The molecule has 0 N–H and O–H groups in total. The van der Waals surface area contributed by atoms with Crippen LogP contribution in [0.1, 0.15) is 38.4 Å². The molecule has 0 spiro atoms. The number of benzene rings is 9. The van der Waals surface area contributed by atoms with Gasteiger partial charge in [0.15, 0.2) is 0 Å². The van der Waals surface area contributed by atoms with Crippen LogP contribution in [0.4, 0.5) is 0 Å². The quantitative estimate of drug-likeness (QED) is 0.143. The first-order valence-corrected chi connectivity index (χ1v) is 13.0. The van der Waals surface area contributed by atoms with Crippen molar-refractivity contribution in [1.82, 2.24) is 0 Å². The van der Waals surface area contributed by atoms with Gasteiger partial charge in [0.05, 0.1) is 38.4 Å². The highest BCUT2D eigenvalue weighted by Crippen LogP contribution is 2.46. The lowest BCUT2D eigenvalue weighted by Gasteiger charge is -2.19. The van der Waals surface area contributed by atoms with E-state index < -0.39 is 256 Å². The molecule has 0 amide bonds. The molecule has 44 heavy (non-hydrogen) atoms. The van der Waals surface area contributed by atoms with Crippen LogP contribution in [0.3, 0.4) is 0 Å². The highest BCUT2D eigenvalue weighted by atomic mass is 14.2. The minimum absolute atomic E-state index is 0.543. The molecule has 0 nitrogen and oxygen atoms in total. The van der Waals surface area contributed by atoms with Gasteiger partial charge in [-0.1, -0.05) is 157 Å². The second-order valence-corrected chi connectivity index (χ2v) is 9.50. The minimum Gasteiger partial charge on any atom is -0.0616 e. The molecule has 0 bridgehead atoms. The van der Waals surface area contributed by atoms with Gasteiger partial charge in [0.2, 0.25) is 0 Å². The van der Waals surface area contributed by atoms with E-state index in [-0.39, 0.29) is 0 Å². The van der Waals surface area contributed by atoms with Crippen LogP contribution in [0.25, 0.3) is 87.2 Å². The minimum atomic E-state index is -1.12. The second kappa shape index (κ2) is 9.93. The van der Waals surface area contributed by atoms with E-state index in [2.05, 4.69) is 0 Å². The fraction of sp³-hybridized carbons (Fsp3) is 0. The molecule has 0 aliphatic carbocycles. The molecule has 0 heterocycles. The third kappa shape index (κ3) is 3.78. The number of fused-ring (bicyclic) bond motifs is 6. The monoisotopic (exact) mass is 584 g/mol. The molecule has 0 fully saturated rings. The van der Waals surface area contributed by atoms with Crippen molar-refractivity contribution in [2.75, 3.05) is 0 Å². The third-order valence-corrected chi connectivity index (χ3v) is 7.19. The third-order valence-electron chi connectivity index (χ3n) is 7.19. The Morgan fingerprint density at radius 2 is 0.750 bits per heavy atom. The summed E-state index contributed by atoms with van der Waals surface area (Å²) in [5.74, 6) is 0. The maximum atomic E-state index is 9.98. The SMILES string of the molecule is [2H]c1c([2H])c(-c2c3c([2H])c([2H])c([2H])c([2H])c3c(-c3c([2H])c([2H])c([2H])c4c([2H])c([2H])c([2H])c([2H])c34)c3c([2H])c([2H])c([2H])c([2H])c23)c([2H])c(-c2c([2H])c3c([2H])c([2H])c([2H])c([2H])c3c3c([2H])c([2H])c([2H])c([2H])c23)c1[2H]. The summed E-state index contributed by atoms with van der Waals surface area (Å²) < 4.78 is 252. The van der Waals surface area contributed by atoms with E-state index in [4.69, 9.17) is 24.7 Å². The molecule has 9 aromatic rings. The predicted molar refractivity (Wildman–Crippen MR) is 190 cm³/mol. The summed E-state index contributed by atoms with van der Waals surface area (Å²) in [6, 6.07) is -27.0. The van der Waals surface area contributed by atoms with Gasteiger partial charge in [0.1, 0.15) is 0 Å². The number of hydrogen-bond donors (Lipinski definition) is 0. The molecule has 9 aromatic carbocycles. The Morgan fingerprint density at radius 3 is 1.45 bits per heavy atom. The van der Waals surface area contributed by atoms with Crippen molar-refractivity contribution in [3.63, 3.8) is 0 Å². The van der Waals surface area contributed by atoms with Crippen LogP contribution in [-0.2, 0) is 0 Å². The summed E-state index contributed by atoms with van der Waals surface area (Å²) in [6.07, 6.45) is 0. The lowest BCUT2D eigenvalue weighted by molar-refractivity contribution is 1.64. The number of hydrogen-bond acceptors (Lipinski definition) is 0. The zero-order chi connectivity index (χ0) is 53.4. The lowest BCUT2D eigenvalue weighted by Crippen LogP contribution is -1.92. The average Bonchev–Trinajstić information content (AvgIpc) is 3.35. The van der Waals surface area contributed by atoms with E-state index >= 15 is 0 Å². The Kier molecular flexibility index (Phi) is 2.18. The van der Waals surface area contributed by atoms with Crippen LogP contribution < -0.4 is 0 Å². The summed E-state index contributed by atoms with van der Waals surface area (Å²) in [7, 11) is 0. The standard InChI is InChI=1S/C44H28/c1-3-18-33-29(13-1)15-12-26-37(33)44-40-24-9-7-22-38(40)43(39-23-8-10-25-41(39)44)32-17-11-16-30(27-32)42-28-31-14-2-4-19-34(31)35-20-5-6-21-36(35)42/h1-28H/i1D,2D,3D,4D,5D,6D,7D,8D,9D,10D,11D,12D,13D,14D,15D,16D,17D,18D,19D,20D,21D,22D,23D,24D,25D,26D,27D,28D. The van der Waals surface area contributed by atoms with Crippen LogP contribution in [0.2, 0.25) is 0 Å². The van der Waals surface area contributed by atoms with Gasteiger partial charge < -0.3 is 0 Å². The molecular formula is C44H28. The van der Waals surface area contributed by atoms with E-state index in [1.165, 1.54) is 0 Å². The average molecular weight is 585 g/mol. The highest BCUT2D eigenvalue weighted by Gasteiger charge is 2.18. The van der Waals surface area contributed by atoms with Gasteiger partial charge in [-0.25, -0.2) is 0 Å². The Bertz CT molecular complexity index is 4030. The molecule has 0 radical (unpaired) electrons. The summed E-state index contributed by atoms with van der Waals surface area (Å²) >= 11 is 0. The predicted octanol–water partition coefficient (Wildman–Crippen LogP) is 12.5. The van der Waals surface area contributed by atoms with Gasteiger partial charge in [-0.3, -0.25) is 0 Å². The van der Waals surface area contributed by atoms with Gasteiger partial charge in [-0.15, -0.1) is 0 Å². The summed E-state index contributed by atoms with van der Waals surface area (Å²) in [5.41, 5.74) is -4.88. The lowest BCUT2D eigenvalue weighted by atomic mass is 9.84. The first kappa shape index (κ1) is 9.64. The number of rotatable bonds is 3. The second-order valence-electron chi connectivity index (χ2n) is 9.50. The summed E-state index contributed by atoms with van der Waals surface area (Å²) in [6.45, 7) is 0. The normalized spacial score (nSPS) is 20.5. The van der Waals surface area contributed by atoms with Crippen LogP contribution in [0.5, 0.6) is 0 Å². The van der Waals surface area contributed by atoms with Gasteiger partial charge in [-0.2, -0.15) is 0 Å². The Balaban J connectivity index is 1.65. The van der Waals surface area contributed by atoms with E-state index in [9.17, 15) is 13.7 Å². The molecule has 0 heteroatoms. The molecule has 0 saturated heterocycles. The van der Waals surface area contributed by atoms with E-state index in [1.807, 2.05) is 0 Å². The van der Waals surface area contributed by atoms with Crippen molar-refractivity contribution < 1.29 is 38.4 Å². The summed E-state index contributed by atoms with van der Waals surface area (Å²) in [4.78, 5) is 0. The molecule has 0 unspecified atom stereocenters. The maximum Gasteiger partial charge on any atom is 0.0636 e. The fourth-order valence-electron chi connectivity index (χ4n) is 5.38. The van der Waals surface area contributed by atoms with E-state index in [1.54, 1.807) is 0 Å². The molecule has 0 atom stereocenters. The van der Waals surface area contributed by atoms with Crippen molar-refractivity contribution in [3.05, 3.63) is 169 Å². The Labute approximate surface area is 295 Å². The largest absolute Gasteiger partial charge is 0.0636 e. The molecule has 0 saturated carbocycles. The highest BCUT2D eigenvalue weighted by molar-refractivity contribution is 6.23. The first-order valence-electron chi connectivity index (χ1n) is 27.0. The zero-order valence-corrected chi connectivity index (χ0v) is 22.0.